The molecule has 0 amide bonds. The van der Waals surface area contributed by atoms with Gasteiger partial charge >= 0.3 is 0 Å². The van der Waals surface area contributed by atoms with Crippen LogP contribution >= 0.6 is 0 Å². The van der Waals surface area contributed by atoms with Crippen LogP contribution in [0, 0.1) is 17.3 Å². The van der Waals surface area contributed by atoms with Crippen molar-refractivity contribution in [1.29, 1.82) is 0 Å². The Morgan fingerprint density at radius 3 is 2.96 bits per heavy atom. The number of aryl methyl sites for hydroxylation is 1. The van der Waals surface area contributed by atoms with Crippen molar-refractivity contribution in [3.8, 4) is 5.75 Å². The van der Waals surface area contributed by atoms with Crippen LogP contribution in [0.2, 0.25) is 0 Å². The molecule has 0 spiro atoms. The summed E-state index contributed by atoms with van der Waals surface area (Å²) in [5, 5.41) is 0. The summed E-state index contributed by atoms with van der Waals surface area (Å²) in [5.41, 5.74) is 4.55. The van der Waals surface area contributed by atoms with Gasteiger partial charge in [-0.1, -0.05) is 19.1 Å². The van der Waals surface area contributed by atoms with E-state index in [-0.39, 0.29) is 0 Å². The van der Waals surface area contributed by atoms with Gasteiger partial charge in [-0.25, -0.2) is 0 Å². The van der Waals surface area contributed by atoms with E-state index in [0.717, 1.165) is 29.2 Å². The average Bonchev–Trinajstić information content (AvgIpc) is 3.09. The van der Waals surface area contributed by atoms with E-state index in [4.69, 9.17) is 9.73 Å². The molecule has 0 unspecified atom stereocenters. The van der Waals surface area contributed by atoms with Crippen LogP contribution in [0.5, 0.6) is 5.75 Å². The smallest absolute Gasteiger partial charge is 0.119 e. The zero-order chi connectivity index (χ0) is 19.1. The van der Waals surface area contributed by atoms with Crippen LogP contribution in [-0.2, 0) is 6.42 Å². The number of hydrogen-bond acceptors (Lipinski definition) is 3. The van der Waals surface area contributed by atoms with Gasteiger partial charge in [0.2, 0.25) is 0 Å². The van der Waals surface area contributed by atoms with Crippen molar-refractivity contribution in [1.82, 2.24) is 4.98 Å². The van der Waals surface area contributed by atoms with E-state index in [1.165, 1.54) is 44.1 Å². The van der Waals surface area contributed by atoms with Gasteiger partial charge in [-0.15, -0.1) is 0 Å². The molecule has 1 heterocycles. The van der Waals surface area contributed by atoms with Gasteiger partial charge in [-0.3, -0.25) is 9.98 Å². The monoisotopic (exact) mass is 374 g/mol. The zero-order valence-electron chi connectivity index (χ0n) is 17.0. The number of aliphatic imine (C=N–C) groups is 1. The Kier molecular flexibility index (Phi) is 4.49. The van der Waals surface area contributed by atoms with E-state index in [2.05, 4.69) is 30.1 Å². The third-order valence-corrected chi connectivity index (χ3v) is 7.79. The predicted molar refractivity (Wildman–Crippen MR) is 113 cm³/mol. The van der Waals surface area contributed by atoms with Crippen molar-refractivity contribution in [3.05, 3.63) is 59.4 Å². The first kappa shape index (κ1) is 17.9. The van der Waals surface area contributed by atoms with Crippen LogP contribution in [0.1, 0.15) is 61.8 Å². The fourth-order valence-corrected chi connectivity index (χ4v) is 6.46. The van der Waals surface area contributed by atoms with E-state index < -0.39 is 0 Å². The Labute approximate surface area is 168 Å². The molecular formula is C25H30N2O. The lowest BCUT2D eigenvalue weighted by atomic mass is 9.56. The molecule has 0 bridgehead atoms. The minimum Gasteiger partial charge on any atom is -0.497 e. The first-order valence-corrected chi connectivity index (χ1v) is 10.8. The molecule has 0 aliphatic heterocycles. The summed E-state index contributed by atoms with van der Waals surface area (Å²) in [4.78, 5) is 9.36. The second-order valence-corrected chi connectivity index (χ2v) is 9.30. The Morgan fingerprint density at radius 1 is 1.21 bits per heavy atom. The average molecular weight is 375 g/mol. The number of pyridine rings is 1. The molecule has 28 heavy (non-hydrogen) atoms. The second kappa shape index (κ2) is 7.02. The minimum absolute atomic E-state index is 0.452. The lowest BCUT2D eigenvalue weighted by Gasteiger charge is -2.49. The van der Waals surface area contributed by atoms with Gasteiger partial charge in [0, 0.05) is 12.4 Å². The molecule has 3 nitrogen and oxygen atoms in total. The summed E-state index contributed by atoms with van der Waals surface area (Å²) >= 11 is 0. The van der Waals surface area contributed by atoms with Crippen molar-refractivity contribution in [3.63, 3.8) is 0 Å². The molecule has 2 fully saturated rings. The molecule has 1 aromatic heterocycles. The quantitative estimate of drug-likeness (QED) is 0.671. The van der Waals surface area contributed by atoms with Gasteiger partial charge in [0.15, 0.2) is 0 Å². The molecule has 146 valence electrons. The minimum atomic E-state index is 0.452. The molecule has 0 radical (unpaired) electrons. The highest BCUT2D eigenvalue weighted by Crippen LogP contribution is 2.61. The Hall–Kier alpha value is -2.16. The second-order valence-electron chi connectivity index (χ2n) is 9.30. The van der Waals surface area contributed by atoms with E-state index in [1.54, 1.807) is 12.7 Å². The van der Waals surface area contributed by atoms with Crippen LogP contribution in [0.25, 0.3) is 0 Å². The Bertz CT molecular complexity index is 877. The van der Waals surface area contributed by atoms with Gasteiger partial charge in [0.05, 0.1) is 18.8 Å². The zero-order valence-corrected chi connectivity index (χ0v) is 17.0. The maximum Gasteiger partial charge on any atom is 0.119 e. The van der Waals surface area contributed by atoms with Gasteiger partial charge < -0.3 is 4.74 Å². The van der Waals surface area contributed by atoms with E-state index in [0.29, 0.717) is 11.5 Å². The summed E-state index contributed by atoms with van der Waals surface area (Å²) in [6.45, 7) is 2.54. The van der Waals surface area contributed by atoms with Gasteiger partial charge in [-0.05, 0) is 97.1 Å². The molecule has 3 aliphatic carbocycles. The molecule has 2 aromatic rings. The number of hydrogen-bond donors (Lipinski definition) is 0. The van der Waals surface area contributed by atoms with E-state index in [9.17, 15) is 0 Å². The molecule has 0 saturated heterocycles. The van der Waals surface area contributed by atoms with Crippen molar-refractivity contribution >= 4 is 6.21 Å². The number of benzene rings is 1. The van der Waals surface area contributed by atoms with Crippen molar-refractivity contribution in [2.45, 2.75) is 57.4 Å². The molecule has 1 aromatic carbocycles. The van der Waals surface area contributed by atoms with Crippen LogP contribution in [0.15, 0.2) is 47.6 Å². The summed E-state index contributed by atoms with van der Waals surface area (Å²) < 4.78 is 5.46. The predicted octanol–water partition coefficient (Wildman–Crippen LogP) is 5.43. The SMILES string of the molecule is COc1ccc2c(c1)CC[C@@H]1[C@@H]2CC[C@]2(C)C[C@H](N=Cc3ccccn3)C[C@@H]12. The van der Waals surface area contributed by atoms with Crippen molar-refractivity contribution in [2.24, 2.45) is 22.2 Å². The van der Waals surface area contributed by atoms with Gasteiger partial charge in [0.25, 0.3) is 0 Å². The highest BCUT2D eigenvalue weighted by Gasteiger charge is 2.52. The number of rotatable bonds is 3. The normalized spacial score (nSPS) is 33.9. The Morgan fingerprint density at radius 2 is 2.14 bits per heavy atom. The standard InChI is InChI=1S/C25H30N2O/c1-25-11-10-22-21-9-7-20(28-2)13-17(21)6-8-23(22)24(25)14-19(15-25)27-16-18-5-3-4-12-26-18/h3-5,7,9,12-13,16,19,22-24H,6,8,10-11,14-15H2,1-2H3/t19-,22-,23-,24+,25-/m1/s1. The fourth-order valence-electron chi connectivity index (χ4n) is 6.46. The first-order chi connectivity index (χ1) is 13.7. The topological polar surface area (TPSA) is 34.5 Å². The van der Waals surface area contributed by atoms with Gasteiger partial charge in [0.1, 0.15) is 5.75 Å². The van der Waals surface area contributed by atoms with Crippen molar-refractivity contribution < 1.29 is 4.74 Å². The van der Waals surface area contributed by atoms with Crippen LogP contribution < -0.4 is 4.74 Å². The highest BCUT2D eigenvalue weighted by molar-refractivity contribution is 5.76. The summed E-state index contributed by atoms with van der Waals surface area (Å²) in [6.07, 6.45) is 11.5. The third-order valence-electron chi connectivity index (χ3n) is 7.79. The first-order valence-electron chi connectivity index (χ1n) is 10.8. The third kappa shape index (κ3) is 3.05. The molecule has 3 heteroatoms. The number of aromatic nitrogens is 1. The number of methoxy groups -OCH3 is 1. The van der Waals surface area contributed by atoms with Gasteiger partial charge in [-0.2, -0.15) is 0 Å². The fraction of sp³-hybridized carbons (Fsp3) is 0.520. The van der Waals surface area contributed by atoms with E-state index in [1.807, 2.05) is 30.6 Å². The molecule has 0 N–H and O–H groups in total. The summed E-state index contributed by atoms with van der Waals surface area (Å²) in [6, 6.07) is 13.3. The summed E-state index contributed by atoms with van der Waals surface area (Å²) in [7, 11) is 1.77. The maximum atomic E-state index is 5.46. The number of nitrogens with zero attached hydrogens (tertiary/aromatic N) is 2. The van der Waals surface area contributed by atoms with Crippen LogP contribution in [0.4, 0.5) is 0 Å². The molecule has 2 saturated carbocycles. The van der Waals surface area contributed by atoms with Crippen LogP contribution in [0.3, 0.4) is 0 Å². The van der Waals surface area contributed by atoms with E-state index >= 15 is 0 Å². The number of ether oxygens (including phenoxy) is 1. The van der Waals surface area contributed by atoms with Crippen LogP contribution in [-0.4, -0.2) is 24.4 Å². The molecule has 3 aliphatic rings. The highest BCUT2D eigenvalue weighted by atomic mass is 16.5. The maximum absolute atomic E-state index is 5.46. The lowest BCUT2D eigenvalue weighted by molar-refractivity contribution is 0.0598. The number of fused-ring (bicyclic) bond motifs is 5. The Balaban J connectivity index is 1.37. The molecular weight excluding hydrogens is 344 g/mol. The molecule has 5 atom stereocenters. The molecule has 5 rings (SSSR count). The lowest BCUT2D eigenvalue weighted by Crippen LogP contribution is -2.39. The largest absolute Gasteiger partial charge is 0.497 e. The summed E-state index contributed by atoms with van der Waals surface area (Å²) in [5.74, 6) is 3.34. The van der Waals surface area contributed by atoms with Crippen molar-refractivity contribution in [2.75, 3.05) is 7.11 Å².